The summed E-state index contributed by atoms with van der Waals surface area (Å²) in [6.07, 6.45) is 2.86. The number of amides is 1. The summed E-state index contributed by atoms with van der Waals surface area (Å²) in [7, 11) is 0. The fourth-order valence-electron chi connectivity index (χ4n) is 5.18. The normalized spacial score (nSPS) is 16.4. The Kier molecular flexibility index (Phi) is 7.87. The van der Waals surface area contributed by atoms with Crippen molar-refractivity contribution in [3.05, 3.63) is 51.5 Å². The average Bonchev–Trinajstić information content (AvgIpc) is 3.43. The van der Waals surface area contributed by atoms with E-state index in [-0.39, 0.29) is 5.91 Å². The maximum absolute atomic E-state index is 13.1. The van der Waals surface area contributed by atoms with Gasteiger partial charge >= 0.3 is 12.3 Å². The third kappa shape index (κ3) is 6.00. The van der Waals surface area contributed by atoms with Crippen LogP contribution in [0.3, 0.4) is 0 Å². The van der Waals surface area contributed by atoms with Crippen molar-refractivity contribution >= 4 is 34.4 Å². The maximum atomic E-state index is 13.1. The number of alkyl halides is 3. The van der Waals surface area contributed by atoms with Crippen LogP contribution in [0.2, 0.25) is 0 Å². The Labute approximate surface area is 210 Å². The predicted octanol–water partition coefficient (Wildman–Crippen LogP) is 6.24. The lowest BCUT2D eigenvalue weighted by Gasteiger charge is -2.30. The highest BCUT2D eigenvalue weighted by Crippen LogP contribution is 2.37. The molecule has 36 heavy (non-hydrogen) atoms. The van der Waals surface area contributed by atoms with Gasteiger partial charge in [0.25, 0.3) is 0 Å². The molecule has 0 unspecified atom stereocenters. The molecule has 0 atom stereocenters. The Bertz CT molecular complexity index is 1230. The van der Waals surface area contributed by atoms with Gasteiger partial charge < -0.3 is 19.7 Å². The van der Waals surface area contributed by atoms with Gasteiger partial charge in [0, 0.05) is 35.1 Å². The summed E-state index contributed by atoms with van der Waals surface area (Å²) in [5, 5.41) is 15.0. The van der Waals surface area contributed by atoms with E-state index in [1.54, 1.807) is 12.3 Å². The summed E-state index contributed by atoms with van der Waals surface area (Å²) in [4.78, 5) is 28.1. The molecule has 1 aliphatic heterocycles. The summed E-state index contributed by atoms with van der Waals surface area (Å²) in [6.45, 7) is 1.51. The molecule has 194 valence electrons. The Hall–Kier alpha value is -3.08. The van der Waals surface area contributed by atoms with Crippen LogP contribution in [-0.2, 0) is 30.5 Å². The van der Waals surface area contributed by atoms with E-state index in [4.69, 9.17) is 15.0 Å². The predicted molar refractivity (Wildman–Crippen MR) is 129 cm³/mol. The van der Waals surface area contributed by atoms with E-state index in [1.807, 2.05) is 21.6 Å². The van der Waals surface area contributed by atoms with Gasteiger partial charge in [-0.3, -0.25) is 4.79 Å². The van der Waals surface area contributed by atoms with E-state index in [2.05, 4.69) is 4.98 Å². The molecular weight excluding hydrogens is 495 g/mol. The van der Waals surface area contributed by atoms with Crippen molar-refractivity contribution in [3.63, 3.8) is 0 Å². The number of pyridine rings is 1. The summed E-state index contributed by atoms with van der Waals surface area (Å²) in [5.74, 6) is 0.680. The van der Waals surface area contributed by atoms with Crippen molar-refractivity contribution in [2.45, 2.75) is 64.2 Å². The summed E-state index contributed by atoms with van der Waals surface area (Å²) in [5.41, 5.74) is 2.95. The molecule has 0 spiro atoms. The van der Waals surface area contributed by atoms with Crippen molar-refractivity contribution in [2.24, 2.45) is 5.92 Å². The molecule has 7 nitrogen and oxygen atoms in total. The van der Waals surface area contributed by atoms with Gasteiger partial charge in [0.1, 0.15) is 10.5 Å². The molecule has 2 N–H and O–H groups in total. The van der Waals surface area contributed by atoms with E-state index < -0.39 is 17.2 Å². The van der Waals surface area contributed by atoms with Gasteiger partial charge in [0.05, 0.1) is 13.1 Å². The van der Waals surface area contributed by atoms with Crippen LogP contribution in [0.15, 0.2) is 30.5 Å². The Morgan fingerprint density at radius 3 is 2.50 bits per heavy atom. The zero-order valence-electron chi connectivity index (χ0n) is 19.6. The number of hydrogen-bond donors (Lipinski definition) is 2. The summed E-state index contributed by atoms with van der Waals surface area (Å²) >= 11 is 0.774. The number of rotatable bonds is 4. The first-order chi connectivity index (χ1) is 17.1. The van der Waals surface area contributed by atoms with Gasteiger partial charge in [0.2, 0.25) is 5.91 Å². The number of carbonyl (C=O) groups excluding carboxylic acids is 1. The van der Waals surface area contributed by atoms with Crippen molar-refractivity contribution in [3.8, 4) is 0 Å². The molecule has 0 aromatic carbocycles. The summed E-state index contributed by atoms with van der Waals surface area (Å²) < 4.78 is 41.3. The first-order valence-corrected chi connectivity index (χ1v) is 12.8. The van der Waals surface area contributed by atoms with Gasteiger partial charge in [0.15, 0.2) is 0 Å². The number of carbonyl (C=O) groups is 2. The molecule has 1 fully saturated rings. The monoisotopic (exact) mass is 523 g/mol. The second-order valence-corrected chi connectivity index (χ2v) is 10.4. The highest BCUT2D eigenvalue weighted by Gasteiger charge is 2.33. The van der Waals surface area contributed by atoms with Crippen molar-refractivity contribution in [1.82, 2.24) is 14.5 Å². The first kappa shape index (κ1) is 26.0. The number of halogens is 3. The van der Waals surface area contributed by atoms with E-state index in [0.717, 1.165) is 53.4 Å². The molecule has 0 radical (unpaired) electrons. The highest BCUT2D eigenvalue weighted by molar-refractivity contribution is 7.12. The van der Waals surface area contributed by atoms with Gasteiger partial charge in [-0.2, -0.15) is 13.2 Å². The summed E-state index contributed by atoms with van der Waals surface area (Å²) in [6, 6.07) is 6.60. The largest absolute Gasteiger partial charge is 0.503 e. The Morgan fingerprint density at radius 1 is 1.11 bits per heavy atom. The minimum atomic E-state index is -4.33. The van der Waals surface area contributed by atoms with E-state index in [0.29, 0.717) is 36.9 Å². The second-order valence-electron chi connectivity index (χ2n) is 9.21. The second kappa shape index (κ2) is 10.9. The molecule has 1 saturated carbocycles. The number of fused-ring (bicyclic) bond motifs is 3. The SMILES string of the molecule is O=C(CC1CCCCC1)N1CCc2c(n(Cc3ccc(C(F)(F)F)s3)c3ncccc23)C1.O=C(O)O. The minimum absolute atomic E-state index is 0.197. The van der Waals surface area contributed by atoms with Crippen molar-refractivity contribution in [2.75, 3.05) is 6.54 Å². The van der Waals surface area contributed by atoms with Crippen LogP contribution in [0.25, 0.3) is 11.0 Å². The van der Waals surface area contributed by atoms with E-state index >= 15 is 0 Å². The van der Waals surface area contributed by atoms with Crippen molar-refractivity contribution in [1.29, 1.82) is 0 Å². The molecular formula is C25H28F3N3O4S. The number of hydrogen-bond acceptors (Lipinski definition) is 4. The third-order valence-corrected chi connectivity index (χ3v) is 7.92. The molecule has 4 heterocycles. The van der Waals surface area contributed by atoms with Crippen molar-refractivity contribution < 1.29 is 33.0 Å². The number of nitrogens with zero attached hydrogens (tertiary/aromatic N) is 3. The van der Waals surface area contributed by atoms with Gasteiger partial charge in [-0.15, -0.1) is 11.3 Å². The molecule has 5 rings (SSSR count). The Balaban J connectivity index is 0.000000709. The van der Waals surface area contributed by atoms with Crippen LogP contribution in [0.1, 0.15) is 59.5 Å². The van der Waals surface area contributed by atoms with Gasteiger partial charge in [-0.25, -0.2) is 9.78 Å². The molecule has 11 heteroatoms. The topological polar surface area (TPSA) is 95.7 Å². The molecule has 0 saturated heterocycles. The minimum Gasteiger partial charge on any atom is -0.450 e. The standard InChI is InChI=1S/C24H26F3N3OS.CH2O3/c25-24(26,27)21-9-8-17(32-21)14-30-20-15-29(22(31)13-16-5-2-1-3-6-16)12-10-18(20)19-7-4-11-28-23(19)30;2-1(3)4/h4,7-9,11,16H,1-3,5-6,10,12-15H2;(H2,2,3,4). The highest BCUT2D eigenvalue weighted by atomic mass is 32.1. The maximum Gasteiger partial charge on any atom is 0.503 e. The zero-order chi connectivity index (χ0) is 25.9. The van der Waals surface area contributed by atoms with Crippen LogP contribution in [-0.4, -0.2) is 43.3 Å². The molecule has 3 aromatic rings. The molecule has 2 aliphatic rings. The van der Waals surface area contributed by atoms with Crippen LogP contribution in [0, 0.1) is 5.92 Å². The van der Waals surface area contributed by atoms with Crippen LogP contribution in [0.5, 0.6) is 0 Å². The molecule has 1 amide bonds. The third-order valence-electron chi connectivity index (χ3n) is 6.81. The Morgan fingerprint density at radius 2 is 1.83 bits per heavy atom. The fourth-order valence-corrected chi connectivity index (χ4v) is 6.05. The van der Waals surface area contributed by atoms with Crippen LogP contribution in [0.4, 0.5) is 18.0 Å². The molecule has 3 aromatic heterocycles. The quantitative estimate of drug-likeness (QED) is 0.422. The number of aromatic nitrogens is 2. The average molecular weight is 524 g/mol. The van der Waals surface area contributed by atoms with E-state index in [1.165, 1.54) is 24.8 Å². The molecule has 1 aliphatic carbocycles. The zero-order valence-corrected chi connectivity index (χ0v) is 20.4. The van der Waals surface area contributed by atoms with Gasteiger partial charge in [-0.1, -0.05) is 19.3 Å². The number of thiophene rings is 1. The lowest BCUT2D eigenvalue weighted by molar-refractivity contribution is -0.134. The number of carboxylic acid groups (broad SMARTS) is 2. The smallest absolute Gasteiger partial charge is 0.450 e. The van der Waals surface area contributed by atoms with Crippen LogP contribution >= 0.6 is 11.3 Å². The molecule has 0 bridgehead atoms. The lowest BCUT2D eigenvalue weighted by atomic mass is 9.86. The van der Waals surface area contributed by atoms with Crippen LogP contribution < -0.4 is 0 Å². The first-order valence-electron chi connectivity index (χ1n) is 11.9. The van der Waals surface area contributed by atoms with Gasteiger partial charge in [-0.05, 0) is 55.0 Å². The fraction of sp³-hybridized carbons (Fsp3) is 0.480. The van der Waals surface area contributed by atoms with E-state index in [9.17, 15) is 18.0 Å². The lowest BCUT2D eigenvalue weighted by Crippen LogP contribution is -2.37.